The van der Waals surface area contributed by atoms with Crippen LogP contribution in [0.4, 0.5) is 0 Å². The van der Waals surface area contributed by atoms with Gasteiger partial charge >= 0.3 is 5.97 Å². The number of carbonyl (C=O) groups excluding carboxylic acids is 1. The molecule has 2 heteroatoms. The zero-order valence-corrected chi connectivity index (χ0v) is 16.7. The van der Waals surface area contributed by atoms with Gasteiger partial charge in [-0.3, -0.25) is 0 Å². The van der Waals surface area contributed by atoms with Gasteiger partial charge in [0.2, 0.25) is 0 Å². The average molecular weight is 323 g/mol. The molecule has 0 amide bonds. The molecule has 0 radical (unpaired) electrons. The molecular weight excluding hydrogens is 284 g/mol. The molecule has 0 N–H and O–H groups in total. The van der Waals surface area contributed by atoms with E-state index in [0.29, 0.717) is 17.9 Å². The molecule has 0 aliphatic heterocycles. The van der Waals surface area contributed by atoms with Crippen LogP contribution in [0, 0.1) is 11.3 Å². The Kier molecular flexibility index (Phi) is 10.2. The first-order chi connectivity index (χ1) is 10.6. The summed E-state index contributed by atoms with van der Waals surface area (Å²) in [6, 6.07) is 0. The van der Waals surface area contributed by atoms with Crippen LogP contribution in [0.3, 0.4) is 0 Å². The molecule has 1 atom stereocenters. The van der Waals surface area contributed by atoms with Crippen molar-refractivity contribution >= 4 is 5.97 Å². The van der Waals surface area contributed by atoms with Crippen molar-refractivity contribution < 1.29 is 9.53 Å². The van der Waals surface area contributed by atoms with Gasteiger partial charge in [-0.15, -0.1) is 0 Å². The van der Waals surface area contributed by atoms with Gasteiger partial charge in [0.05, 0.1) is 6.61 Å². The smallest absolute Gasteiger partial charge is 0.331 e. The molecule has 0 heterocycles. The maximum atomic E-state index is 11.5. The number of allylic oxidation sites excluding steroid dienone is 3. The fraction of sp³-hybridized carbons (Fsp3) is 0.762. The van der Waals surface area contributed by atoms with E-state index in [0.717, 1.165) is 12.0 Å². The van der Waals surface area contributed by atoms with Crippen LogP contribution in [0.25, 0.3) is 0 Å². The monoisotopic (exact) mass is 322 g/mol. The molecule has 0 bridgehead atoms. The van der Waals surface area contributed by atoms with Crippen molar-refractivity contribution in [1.29, 1.82) is 0 Å². The first kappa shape index (κ1) is 21.9. The Morgan fingerprint density at radius 3 is 2.30 bits per heavy atom. The third-order valence-electron chi connectivity index (χ3n) is 5.01. The Balaban J connectivity index is 4.53. The molecule has 0 aromatic heterocycles. The van der Waals surface area contributed by atoms with E-state index < -0.39 is 0 Å². The third-order valence-corrected chi connectivity index (χ3v) is 5.01. The van der Waals surface area contributed by atoms with E-state index in [9.17, 15) is 4.79 Å². The highest BCUT2D eigenvalue weighted by atomic mass is 16.5. The van der Waals surface area contributed by atoms with Crippen molar-refractivity contribution in [2.75, 3.05) is 6.61 Å². The van der Waals surface area contributed by atoms with Crippen LogP contribution < -0.4 is 0 Å². The van der Waals surface area contributed by atoms with Gasteiger partial charge in [-0.05, 0) is 63.0 Å². The normalized spacial score (nSPS) is 15.2. The van der Waals surface area contributed by atoms with Gasteiger partial charge in [-0.25, -0.2) is 4.79 Å². The second-order valence-electron chi connectivity index (χ2n) is 7.70. The zero-order chi connectivity index (χ0) is 18.0. The van der Waals surface area contributed by atoms with Crippen molar-refractivity contribution in [3.63, 3.8) is 0 Å². The van der Waals surface area contributed by atoms with E-state index in [4.69, 9.17) is 4.74 Å². The van der Waals surface area contributed by atoms with Gasteiger partial charge in [-0.2, -0.15) is 0 Å². The lowest BCUT2D eigenvalue weighted by Crippen LogP contribution is -2.10. The number of hydrogen-bond acceptors (Lipinski definition) is 2. The Labute approximate surface area is 144 Å². The fourth-order valence-electron chi connectivity index (χ4n) is 2.69. The maximum Gasteiger partial charge on any atom is 0.331 e. The Hall–Kier alpha value is -1.05. The van der Waals surface area contributed by atoms with Crippen molar-refractivity contribution in [2.45, 2.75) is 87.5 Å². The van der Waals surface area contributed by atoms with Crippen molar-refractivity contribution in [3.8, 4) is 0 Å². The summed E-state index contributed by atoms with van der Waals surface area (Å²) in [6.45, 7) is 17.9. The Morgan fingerprint density at radius 1 is 1.17 bits per heavy atom. The lowest BCUT2D eigenvalue weighted by Gasteiger charge is -2.23. The highest BCUT2D eigenvalue weighted by Gasteiger charge is 2.15. The van der Waals surface area contributed by atoms with Crippen molar-refractivity contribution in [3.05, 3.63) is 22.8 Å². The topological polar surface area (TPSA) is 26.3 Å². The van der Waals surface area contributed by atoms with E-state index in [2.05, 4.69) is 41.5 Å². The average Bonchev–Trinajstić information content (AvgIpc) is 2.46. The van der Waals surface area contributed by atoms with Crippen molar-refractivity contribution in [2.24, 2.45) is 11.3 Å². The SMILES string of the molecule is CCOC(=O)C=C(C)C(C)=C(C)CC(C)CCCC(C)(C)CC. The zero-order valence-electron chi connectivity index (χ0n) is 16.7. The molecule has 0 saturated carbocycles. The van der Waals surface area contributed by atoms with Gasteiger partial charge in [0.25, 0.3) is 0 Å². The standard InChI is InChI=1S/C21H38O2/c1-9-21(7,8)13-11-12-16(3)14-17(4)19(6)18(5)15-20(22)23-10-2/h15-16H,9-14H2,1-8H3. The number of hydrogen-bond donors (Lipinski definition) is 0. The summed E-state index contributed by atoms with van der Waals surface area (Å²) in [5, 5.41) is 0. The van der Waals surface area contributed by atoms with Crippen LogP contribution in [0.15, 0.2) is 22.8 Å². The molecule has 23 heavy (non-hydrogen) atoms. The van der Waals surface area contributed by atoms with Crippen LogP contribution in [-0.2, 0) is 9.53 Å². The summed E-state index contributed by atoms with van der Waals surface area (Å²) in [7, 11) is 0. The van der Waals surface area contributed by atoms with E-state index in [-0.39, 0.29) is 5.97 Å². The molecule has 0 aromatic rings. The van der Waals surface area contributed by atoms with Crippen LogP contribution in [0.1, 0.15) is 87.5 Å². The molecule has 0 spiro atoms. The minimum absolute atomic E-state index is 0.244. The highest BCUT2D eigenvalue weighted by Crippen LogP contribution is 2.29. The van der Waals surface area contributed by atoms with Gasteiger partial charge in [0.1, 0.15) is 0 Å². The molecule has 0 aliphatic carbocycles. The minimum atomic E-state index is -0.244. The Morgan fingerprint density at radius 2 is 1.78 bits per heavy atom. The predicted octanol–water partition coefficient (Wildman–Crippen LogP) is 6.46. The van der Waals surface area contributed by atoms with Crippen LogP contribution >= 0.6 is 0 Å². The summed E-state index contributed by atoms with van der Waals surface area (Å²) in [6.07, 6.45) is 7.83. The van der Waals surface area contributed by atoms with Crippen molar-refractivity contribution in [1.82, 2.24) is 0 Å². The van der Waals surface area contributed by atoms with Crippen LogP contribution in [-0.4, -0.2) is 12.6 Å². The Bertz CT molecular complexity index is 427. The molecular formula is C21H38O2. The number of rotatable bonds is 10. The van der Waals surface area contributed by atoms with Gasteiger partial charge in [0.15, 0.2) is 0 Å². The first-order valence-corrected chi connectivity index (χ1v) is 9.14. The second-order valence-corrected chi connectivity index (χ2v) is 7.70. The summed E-state index contributed by atoms with van der Waals surface area (Å²) < 4.78 is 4.98. The van der Waals surface area contributed by atoms with E-state index >= 15 is 0 Å². The van der Waals surface area contributed by atoms with Gasteiger partial charge < -0.3 is 4.74 Å². The molecule has 2 nitrogen and oxygen atoms in total. The fourth-order valence-corrected chi connectivity index (χ4v) is 2.69. The molecule has 0 aromatic carbocycles. The quantitative estimate of drug-likeness (QED) is 0.262. The largest absolute Gasteiger partial charge is 0.463 e. The summed E-state index contributed by atoms with van der Waals surface area (Å²) in [5.41, 5.74) is 4.09. The summed E-state index contributed by atoms with van der Waals surface area (Å²) in [5.74, 6) is 0.444. The van der Waals surface area contributed by atoms with Gasteiger partial charge in [0, 0.05) is 6.08 Å². The molecule has 0 fully saturated rings. The maximum absolute atomic E-state index is 11.5. The van der Waals surface area contributed by atoms with Crippen LogP contribution in [0.5, 0.6) is 0 Å². The lowest BCUT2D eigenvalue weighted by molar-refractivity contribution is -0.137. The summed E-state index contributed by atoms with van der Waals surface area (Å²) in [4.78, 5) is 11.5. The number of ether oxygens (including phenoxy) is 1. The molecule has 134 valence electrons. The first-order valence-electron chi connectivity index (χ1n) is 9.14. The van der Waals surface area contributed by atoms with E-state index in [1.54, 1.807) is 6.08 Å². The lowest BCUT2D eigenvalue weighted by atomic mass is 9.83. The number of carbonyl (C=O) groups is 1. The molecule has 0 rings (SSSR count). The molecule has 0 aliphatic rings. The highest BCUT2D eigenvalue weighted by molar-refractivity contribution is 5.83. The predicted molar refractivity (Wildman–Crippen MR) is 100 cm³/mol. The van der Waals surface area contributed by atoms with Gasteiger partial charge in [-0.1, -0.05) is 52.5 Å². The second kappa shape index (κ2) is 10.7. The van der Waals surface area contributed by atoms with E-state index in [1.165, 1.54) is 36.8 Å². The molecule has 0 saturated heterocycles. The number of esters is 1. The summed E-state index contributed by atoms with van der Waals surface area (Å²) >= 11 is 0. The molecule has 1 unspecified atom stereocenters. The third kappa shape index (κ3) is 9.63. The van der Waals surface area contributed by atoms with E-state index in [1.807, 2.05) is 13.8 Å². The minimum Gasteiger partial charge on any atom is -0.463 e. The van der Waals surface area contributed by atoms with Crippen LogP contribution in [0.2, 0.25) is 0 Å².